The van der Waals surface area contributed by atoms with E-state index in [2.05, 4.69) is 13.2 Å². The summed E-state index contributed by atoms with van der Waals surface area (Å²) in [7, 11) is 0. The number of carbonyl (C=O) groups excluding carboxylic acids is 2. The van der Waals surface area contributed by atoms with Crippen LogP contribution in [0.2, 0.25) is 0 Å². The van der Waals surface area contributed by atoms with Gasteiger partial charge in [0.15, 0.2) is 0 Å². The topological polar surface area (TPSA) is 71.1 Å². The van der Waals surface area contributed by atoms with E-state index in [1.165, 1.54) is 24.3 Å². The van der Waals surface area contributed by atoms with Gasteiger partial charge in [-0.15, -0.1) is 0 Å². The molecule has 0 aliphatic carbocycles. The summed E-state index contributed by atoms with van der Waals surface area (Å²) >= 11 is 0. The molecule has 0 fully saturated rings. The fraction of sp³-hybridized carbons (Fsp3) is 0.200. The highest BCUT2D eigenvalue weighted by molar-refractivity contribution is 5.95. The van der Waals surface area contributed by atoms with Crippen LogP contribution in [0.5, 0.6) is 23.0 Å². The molecule has 3 aromatic rings. The van der Waals surface area contributed by atoms with Gasteiger partial charge in [0.1, 0.15) is 23.0 Å². The van der Waals surface area contributed by atoms with Crippen molar-refractivity contribution >= 4 is 24.1 Å². The van der Waals surface area contributed by atoms with Crippen LogP contribution in [-0.4, -0.2) is 24.1 Å². The van der Waals surface area contributed by atoms with Crippen LogP contribution in [0.4, 0.5) is 0 Å². The molecule has 186 valence electrons. The molecule has 0 unspecified atom stereocenters. The molecule has 0 saturated carbocycles. The highest BCUT2D eigenvalue weighted by Crippen LogP contribution is 2.28. The molecule has 6 nitrogen and oxygen atoms in total. The molecule has 0 radical (unpaired) electrons. The lowest BCUT2D eigenvalue weighted by Crippen LogP contribution is -2.12. The average Bonchev–Trinajstić information content (AvgIpc) is 2.85. The van der Waals surface area contributed by atoms with Crippen molar-refractivity contribution in [3.8, 4) is 23.0 Å². The third-order valence-corrected chi connectivity index (χ3v) is 4.91. The highest BCUT2D eigenvalue weighted by Gasteiger charge is 2.15. The second-order valence-corrected chi connectivity index (χ2v) is 8.50. The largest absolute Gasteiger partial charge is 0.490 e. The van der Waals surface area contributed by atoms with Crippen molar-refractivity contribution in [1.29, 1.82) is 0 Å². The number of esters is 2. The second kappa shape index (κ2) is 11.9. The lowest BCUT2D eigenvalue weighted by molar-refractivity contribution is 0.0720. The van der Waals surface area contributed by atoms with Crippen LogP contribution >= 0.6 is 0 Å². The van der Waals surface area contributed by atoms with Crippen LogP contribution in [0.25, 0.3) is 12.2 Å². The molecule has 0 heterocycles. The zero-order chi connectivity index (χ0) is 26.2. The van der Waals surface area contributed by atoms with E-state index in [4.69, 9.17) is 18.9 Å². The van der Waals surface area contributed by atoms with E-state index >= 15 is 0 Å². The molecule has 0 amide bonds. The van der Waals surface area contributed by atoms with Crippen molar-refractivity contribution in [2.24, 2.45) is 0 Å². The smallest absolute Gasteiger partial charge is 0.343 e. The summed E-state index contributed by atoms with van der Waals surface area (Å²) in [5, 5.41) is 0. The molecule has 36 heavy (non-hydrogen) atoms. The zero-order valence-electron chi connectivity index (χ0n) is 20.9. The number of carbonyl (C=O) groups is 2. The van der Waals surface area contributed by atoms with Crippen LogP contribution < -0.4 is 18.9 Å². The van der Waals surface area contributed by atoms with Gasteiger partial charge in [0.25, 0.3) is 0 Å². The van der Waals surface area contributed by atoms with Gasteiger partial charge in [0, 0.05) is 11.1 Å². The van der Waals surface area contributed by atoms with Crippen LogP contribution in [0, 0.1) is 0 Å². The van der Waals surface area contributed by atoms with Gasteiger partial charge in [0.2, 0.25) is 0 Å². The van der Waals surface area contributed by atoms with Gasteiger partial charge in [-0.2, -0.15) is 0 Å². The molecule has 0 saturated heterocycles. The molecule has 0 bridgehead atoms. The van der Waals surface area contributed by atoms with Crippen molar-refractivity contribution in [3.05, 3.63) is 96.1 Å². The molecule has 0 aromatic heterocycles. The second-order valence-electron chi connectivity index (χ2n) is 8.50. The molecular formula is C30H30O6. The summed E-state index contributed by atoms with van der Waals surface area (Å²) in [5.41, 5.74) is 2.02. The highest BCUT2D eigenvalue weighted by atomic mass is 16.5. The fourth-order valence-electron chi connectivity index (χ4n) is 3.30. The summed E-state index contributed by atoms with van der Waals surface area (Å²) in [6, 6.07) is 16.2. The van der Waals surface area contributed by atoms with Gasteiger partial charge in [-0.05, 0) is 88.4 Å². The number of benzene rings is 3. The van der Waals surface area contributed by atoms with E-state index in [1.807, 2.05) is 27.7 Å². The van der Waals surface area contributed by atoms with Crippen LogP contribution in [0.1, 0.15) is 59.5 Å². The van der Waals surface area contributed by atoms with Gasteiger partial charge in [-0.1, -0.05) is 25.3 Å². The van der Waals surface area contributed by atoms with Gasteiger partial charge in [-0.3, -0.25) is 0 Å². The molecule has 3 rings (SSSR count). The van der Waals surface area contributed by atoms with E-state index in [0.29, 0.717) is 34.1 Å². The van der Waals surface area contributed by atoms with Gasteiger partial charge in [-0.25, -0.2) is 9.59 Å². The summed E-state index contributed by atoms with van der Waals surface area (Å²) in [6.45, 7) is 15.3. The van der Waals surface area contributed by atoms with Crippen molar-refractivity contribution in [2.45, 2.75) is 39.9 Å². The Hall–Kier alpha value is -4.32. The monoisotopic (exact) mass is 486 g/mol. The fourth-order valence-corrected chi connectivity index (χ4v) is 3.30. The lowest BCUT2D eigenvalue weighted by Gasteiger charge is -2.14. The Labute approximate surface area is 211 Å². The molecule has 0 atom stereocenters. The maximum Gasteiger partial charge on any atom is 0.343 e. The first-order chi connectivity index (χ1) is 17.2. The average molecular weight is 487 g/mol. The Kier molecular flexibility index (Phi) is 8.68. The summed E-state index contributed by atoms with van der Waals surface area (Å²) in [4.78, 5) is 25.2. The quantitative estimate of drug-likeness (QED) is 0.227. The third-order valence-electron chi connectivity index (χ3n) is 4.91. The van der Waals surface area contributed by atoms with Crippen molar-refractivity contribution < 1.29 is 28.5 Å². The minimum Gasteiger partial charge on any atom is -0.490 e. The molecule has 0 aliphatic rings. The number of hydrogen-bond donors (Lipinski definition) is 0. The first-order valence-corrected chi connectivity index (χ1v) is 11.6. The van der Waals surface area contributed by atoms with Crippen molar-refractivity contribution in [3.63, 3.8) is 0 Å². The summed E-state index contributed by atoms with van der Waals surface area (Å²) in [5.74, 6) is 0.919. The van der Waals surface area contributed by atoms with Crippen molar-refractivity contribution in [2.75, 3.05) is 0 Å². The zero-order valence-corrected chi connectivity index (χ0v) is 20.9. The third kappa shape index (κ3) is 6.85. The maximum absolute atomic E-state index is 12.6. The first-order valence-electron chi connectivity index (χ1n) is 11.6. The van der Waals surface area contributed by atoms with E-state index in [0.717, 1.165) is 11.1 Å². The van der Waals surface area contributed by atoms with Crippen LogP contribution in [0.3, 0.4) is 0 Å². The van der Waals surface area contributed by atoms with Gasteiger partial charge >= 0.3 is 11.9 Å². The van der Waals surface area contributed by atoms with Crippen molar-refractivity contribution in [1.82, 2.24) is 0 Å². The maximum atomic E-state index is 12.6. The van der Waals surface area contributed by atoms with Gasteiger partial charge < -0.3 is 18.9 Å². The van der Waals surface area contributed by atoms with Crippen LogP contribution in [0.15, 0.2) is 73.8 Å². The predicted octanol–water partition coefficient (Wildman–Crippen LogP) is 6.99. The molecule has 3 aromatic carbocycles. The Morgan fingerprint density at radius 1 is 0.639 bits per heavy atom. The molecule has 0 N–H and O–H groups in total. The molecule has 6 heteroatoms. The Balaban J connectivity index is 1.67. The standard InChI is InChI=1S/C30H30O6/c1-7-21-17-25(13-15-27(21)33-19(3)4)35-29(31)23-9-11-24(12-10-23)30(32)36-26-14-16-28(34-20(5)6)22(8-2)18-26/h7-20H,1-2H2,3-6H3. The van der Waals surface area contributed by atoms with Crippen LogP contribution in [-0.2, 0) is 0 Å². The Morgan fingerprint density at radius 2 is 1.00 bits per heavy atom. The predicted molar refractivity (Wildman–Crippen MR) is 141 cm³/mol. The van der Waals surface area contributed by atoms with Gasteiger partial charge in [0.05, 0.1) is 23.3 Å². The summed E-state index contributed by atoms with van der Waals surface area (Å²) in [6.07, 6.45) is 3.28. The molecule has 0 aliphatic heterocycles. The number of rotatable bonds is 10. The minimum absolute atomic E-state index is 0.00426. The molecule has 0 spiro atoms. The Morgan fingerprint density at radius 3 is 1.31 bits per heavy atom. The Bertz CT molecular complexity index is 1160. The minimum atomic E-state index is -0.557. The van der Waals surface area contributed by atoms with E-state index in [1.54, 1.807) is 48.6 Å². The first kappa shape index (κ1) is 26.3. The normalized spacial score (nSPS) is 10.6. The van der Waals surface area contributed by atoms with E-state index < -0.39 is 11.9 Å². The lowest BCUT2D eigenvalue weighted by atomic mass is 10.1. The summed E-state index contributed by atoms with van der Waals surface area (Å²) < 4.78 is 22.4. The number of ether oxygens (including phenoxy) is 4. The van der Waals surface area contributed by atoms with E-state index in [9.17, 15) is 9.59 Å². The number of hydrogen-bond acceptors (Lipinski definition) is 6. The molecular weight excluding hydrogens is 456 g/mol. The SMILES string of the molecule is C=Cc1cc(OC(=O)c2ccc(C(=O)Oc3ccc(OC(C)C)c(C=C)c3)cc2)ccc1OC(C)C. The van der Waals surface area contributed by atoms with E-state index in [-0.39, 0.29) is 12.2 Å².